The molecule has 4 rings (SSSR count). The minimum absolute atomic E-state index is 0.0824. The normalized spacial score (nSPS) is 10.2. The Morgan fingerprint density at radius 2 is 0.871 bits per heavy atom. The average Bonchev–Trinajstić information content (AvgIpc) is 2.85. The minimum atomic E-state index is -0.344. The van der Waals surface area contributed by atoms with Crippen LogP contribution in [0.2, 0.25) is 0 Å². The van der Waals surface area contributed by atoms with E-state index in [0.717, 1.165) is 11.1 Å². The molecule has 0 atom stereocenters. The van der Waals surface area contributed by atoms with Gasteiger partial charge in [-0.05, 0) is 12.1 Å². The van der Waals surface area contributed by atoms with E-state index in [2.05, 4.69) is 10.5 Å². The molecule has 0 radical (unpaired) electrons. The van der Waals surface area contributed by atoms with Crippen molar-refractivity contribution < 1.29 is 9.59 Å². The quantitative estimate of drug-likeness (QED) is 0.276. The molecule has 4 aromatic carbocycles. The van der Waals surface area contributed by atoms with E-state index >= 15 is 0 Å². The average molecular weight is 404 g/mol. The summed E-state index contributed by atoms with van der Waals surface area (Å²) in [6.07, 6.45) is 0. The van der Waals surface area contributed by atoms with Crippen LogP contribution in [0, 0.1) is 0 Å². The van der Waals surface area contributed by atoms with Gasteiger partial charge in [-0.1, -0.05) is 103 Å². The standard InChI is InChI=1S/C27H20N2O2/c30-26(22-14-8-3-9-15-22)23-16-18-24(19-17-23)27(31)29-28-25(20-10-4-1-5-11-20)21-12-6-2-7-13-21/h1-19H,(H,29,31). The molecular formula is C27H20N2O2. The van der Waals surface area contributed by atoms with Gasteiger partial charge < -0.3 is 0 Å². The Hall–Kier alpha value is -4.31. The van der Waals surface area contributed by atoms with Crippen LogP contribution in [0.1, 0.15) is 37.4 Å². The first-order chi connectivity index (χ1) is 15.2. The van der Waals surface area contributed by atoms with Gasteiger partial charge in [-0.25, -0.2) is 5.43 Å². The van der Waals surface area contributed by atoms with Crippen LogP contribution in [0.15, 0.2) is 120 Å². The summed E-state index contributed by atoms with van der Waals surface area (Å²) in [7, 11) is 0. The fourth-order valence-electron chi connectivity index (χ4n) is 3.19. The summed E-state index contributed by atoms with van der Waals surface area (Å²) in [5, 5.41) is 4.40. The third-order valence-corrected chi connectivity index (χ3v) is 4.81. The van der Waals surface area contributed by atoms with Crippen molar-refractivity contribution in [2.45, 2.75) is 0 Å². The van der Waals surface area contributed by atoms with Gasteiger partial charge in [0.25, 0.3) is 5.91 Å². The van der Waals surface area contributed by atoms with Gasteiger partial charge in [-0.15, -0.1) is 0 Å². The fraction of sp³-hybridized carbons (Fsp3) is 0. The van der Waals surface area contributed by atoms with Crippen LogP contribution in [0.4, 0.5) is 0 Å². The molecule has 0 saturated heterocycles. The molecule has 0 aromatic heterocycles. The lowest BCUT2D eigenvalue weighted by atomic mass is 10.0. The van der Waals surface area contributed by atoms with Crippen LogP contribution in [0.3, 0.4) is 0 Å². The Labute approximate surface area is 180 Å². The van der Waals surface area contributed by atoms with Gasteiger partial charge in [0.1, 0.15) is 0 Å². The molecule has 0 heterocycles. The summed E-state index contributed by atoms with van der Waals surface area (Å²) in [5.41, 5.74) is 6.68. The van der Waals surface area contributed by atoms with Crippen molar-refractivity contribution in [3.05, 3.63) is 143 Å². The van der Waals surface area contributed by atoms with Crippen molar-refractivity contribution in [2.24, 2.45) is 5.10 Å². The van der Waals surface area contributed by atoms with Gasteiger partial charge in [-0.2, -0.15) is 5.10 Å². The summed E-state index contributed by atoms with van der Waals surface area (Å²) in [6, 6.07) is 35.0. The minimum Gasteiger partial charge on any atom is -0.289 e. The third kappa shape index (κ3) is 4.82. The number of nitrogens with one attached hydrogen (secondary N) is 1. The lowest BCUT2D eigenvalue weighted by Gasteiger charge is -2.08. The zero-order valence-corrected chi connectivity index (χ0v) is 16.7. The van der Waals surface area contributed by atoms with Crippen molar-refractivity contribution in [1.29, 1.82) is 0 Å². The fourth-order valence-corrected chi connectivity index (χ4v) is 3.19. The lowest BCUT2D eigenvalue weighted by molar-refractivity contribution is 0.0953. The Morgan fingerprint density at radius 3 is 1.35 bits per heavy atom. The molecule has 31 heavy (non-hydrogen) atoms. The SMILES string of the molecule is O=C(NN=C(c1ccccc1)c1ccccc1)c1ccc(C(=O)c2ccccc2)cc1. The molecular weight excluding hydrogens is 384 g/mol. The van der Waals surface area contributed by atoms with Gasteiger partial charge in [0.2, 0.25) is 0 Å². The number of hydrogen-bond donors (Lipinski definition) is 1. The summed E-state index contributed by atoms with van der Waals surface area (Å²) in [5.74, 6) is -0.427. The van der Waals surface area contributed by atoms with Crippen LogP contribution < -0.4 is 5.43 Å². The first-order valence-electron chi connectivity index (χ1n) is 9.91. The van der Waals surface area contributed by atoms with Gasteiger partial charge in [0, 0.05) is 27.8 Å². The van der Waals surface area contributed by atoms with Crippen molar-refractivity contribution in [2.75, 3.05) is 0 Å². The number of carbonyl (C=O) groups excluding carboxylic acids is 2. The maximum atomic E-state index is 12.7. The van der Waals surface area contributed by atoms with Crippen LogP contribution in [0.25, 0.3) is 0 Å². The smallest absolute Gasteiger partial charge is 0.271 e. The molecule has 150 valence electrons. The molecule has 0 aliphatic rings. The van der Waals surface area contributed by atoms with E-state index in [0.29, 0.717) is 22.4 Å². The number of hydrazone groups is 1. The van der Waals surface area contributed by atoms with Crippen LogP contribution in [0.5, 0.6) is 0 Å². The van der Waals surface area contributed by atoms with Crippen LogP contribution >= 0.6 is 0 Å². The molecule has 0 aliphatic carbocycles. The van der Waals surface area contributed by atoms with E-state index in [9.17, 15) is 9.59 Å². The highest BCUT2D eigenvalue weighted by Gasteiger charge is 2.12. The first kappa shape index (κ1) is 20.0. The highest BCUT2D eigenvalue weighted by atomic mass is 16.2. The third-order valence-electron chi connectivity index (χ3n) is 4.81. The number of benzene rings is 4. The zero-order valence-electron chi connectivity index (χ0n) is 16.7. The highest BCUT2D eigenvalue weighted by molar-refractivity contribution is 6.13. The summed E-state index contributed by atoms with van der Waals surface area (Å²) in [4.78, 5) is 25.2. The van der Waals surface area contributed by atoms with Gasteiger partial charge in [0.05, 0.1) is 5.71 Å². The number of hydrogen-bond acceptors (Lipinski definition) is 3. The Balaban J connectivity index is 1.54. The number of nitrogens with zero attached hydrogens (tertiary/aromatic N) is 1. The van der Waals surface area contributed by atoms with Crippen LogP contribution in [-0.4, -0.2) is 17.4 Å². The van der Waals surface area contributed by atoms with Gasteiger partial charge in [0.15, 0.2) is 5.78 Å². The van der Waals surface area contributed by atoms with E-state index in [4.69, 9.17) is 0 Å². The Kier molecular flexibility index (Phi) is 6.10. The first-order valence-corrected chi connectivity index (χ1v) is 9.91. The number of ketones is 1. The number of carbonyl (C=O) groups is 2. The molecule has 0 aliphatic heterocycles. The van der Waals surface area contributed by atoms with E-state index in [1.165, 1.54) is 0 Å². The molecule has 0 saturated carbocycles. The largest absolute Gasteiger partial charge is 0.289 e. The molecule has 4 nitrogen and oxygen atoms in total. The molecule has 4 aromatic rings. The summed E-state index contributed by atoms with van der Waals surface area (Å²) in [6.45, 7) is 0. The van der Waals surface area contributed by atoms with Crippen molar-refractivity contribution >= 4 is 17.4 Å². The second kappa shape index (κ2) is 9.46. The Morgan fingerprint density at radius 1 is 0.484 bits per heavy atom. The topological polar surface area (TPSA) is 58.5 Å². The lowest BCUT2D eigenvalue weighted by Crippen LogP contribution is -2.20. The van der Waals surface area contributed by atoms with Gasteiger partial charge in [-0.3, -0.25) is 9.59 Å². The molecule has 1 amide bonds. The molecule has 0 bridgehead atoms. The van der Waals surface area contributed by atoms with Crippen molar-refractivity contribution in [3.8, 4) is 0 Å². The number of rotatable bonds is 6. The van der Waals surface area contributed by atoms with Crippen LogP contribution in [-0.2, 0) is 0 Å². The maximum absolute atomic E-state index is 12.7. The zero-order chi connectivity index (χ0) is 21.5. The predicted octanol–water partition coefficient (Wildman–Crippen LogP) is 5.10. The molecule has 0 spiro atoms. The van der Waals surface area contributed by atoms with Crippen molar-refractivity contribution in [3.63, 3.8) is 0 Å². The number of amides is 1. The molecule has 1 N–H and O–H groups in total. The monoisotopic (exact) mass is 404 g/mol. The summed E-state index contributed by atoms with van der Waals surface area (Å²) < 4.78 is 0. The van der Waals surface area contributed by atoms with E-state index < -0.39 is 0 Å². The second-order valence-corrected chi connectivity index (χ2v) is 6.91. The predicted molar refractivity (Wildman–Crippen MR) is 122 cm³/mol. The summed E-state index contributed by atoms with van der Waals surface area (Å²) >= 11 is 0. The van der Waals surface area contributed by atoms with Gasteiger partial charge >= 0.3 is 0 Å². The Bertz CT molecular complexity index is 1160. The second-order valence-electron chi connectivity index (χ2n) is 6.91. The maximum Gasteiger partial charge on any atom is 0.271 e. The molecule has 0 fully saturated rings. The van der Waals surface area contributed by atoms with E-state index in [1.54, 1.807) is 36.4 Å². The molecule has 4 heteroatoms. The van der Waals surface area contributed by atoms with E-state index in [1.807, 2.05) is 78.9 Å². The molecule has 0 unspecified atom stereocenters. The highest BCUT2D eigenvalue weighted by Crippen LogP contribution is 2.13. The van der Waals surface area contributed by atoms with E-state index in [-0.39, 0.29) is 11.7 Å². The van der Waals surface area contributed by atoms with Crippen molar-refractivity contribution in [1.82, 2.24) is 5.43 Å².